The fourth-order valence-electron chi connectivity index (χ4n) is 3.38. The van der Waals surface area contributed by atoms with Crippen LogP contribution in [0.5, 0.6) is 5.75 Å². The summed E-state index contributed by atoms with van der Waals surface area (Å²) in [5, 5.41) is 2.82. The zero-order chi connectivity index (χ0) is 20.3. The SMILES string of the molecule is COc1ccc(C(=O)Nc2ccc(C)c(C)c2)cc1S(=O)(=O)NC1CCCC1. The molecule has 0 saturated heterocycles. The third-order valence-electron chi connectivity index (χ3n) is 5.16. The monoisotopic (exact) mass is 402 g/mol. The number of methoxy groups -OCH3 is 1. The van der Waals surface area contributed by atoms with Crippen molar-refractivity contribution in [3.8, 4) is 5.75 Å². The Morgan fingerprint density at radius 3 is 2.39 bits per heavy atom. The fourth-order valence-corrected chi connectivity index (χ4v) is 4.88. The fraction of sp³-hybridized carbons (Fsp3) is 0.381. The first-order valence-electron chi connectivity index (χ1n) is 9.39. The third-order valence-corrected chi connectivity index (χ3v) is 6.70. The Balaban J connectivity index is 1.86. The average Bonchev–Trinajstić information content (AvgIpc) is 3.16. The first kappa shape index (κ1) is 20.4. The molecule has 28 heavy (non-hydrogen) atoms. The summed E-state index contributed by atoms with van der Waals surface area (Å²) >= 11 is 0. The molecule has 0 bridgehead atoms. The van der Waals surface area contributed by atoms with Gasteiger partial charge >= 0.3 is 0 Å². The second kappa shape index (κ2) is 8.32. The molecular formula is C21H26N2O4S. The molecule has 1 aliphatic carbocycles. The molecule has 6 nitrogen and oxygen atoms in total. The highest BCUT2D eigenvalue weighted by Crippen LogP contribution is 2.27. The summed E-state index contributed by atoms with van der Waals surface area (Å²) < 4.78 is 33.7. The number of aryl methyl sites for hydroxylation is 2. The molecule has 0 aromatic heterocycles. The summed E-state index contributed by atoms with van der Waals surface area (Å²) in [6.07, 6.45) is 3.69. The normalized spacial score (nSPS) is 14.8. The van der Waals surface area contributed by atoms with Crippen LogP contribution in [0.4, 0.5) is 5.69 Å². The molecule has 150 valence electrons. The summed E-state index contributed by atoms with van der Waals surface area (Å²) in [5.74, 6) is -0.156. The van der Waals surface area contributed by atoms with Gasteiger partial charge in [0.15, 0.2) is 0 Å². The number of amides is 1. The number of carbonyl (C=O) groups excluding carboxylic acids is 1. The van der Waals surface area contributed by atoms with Crippen LogP contribution in [0, 0.1) is 13.8 Å². The lowest BCUT2D eigenvalue weighted by Gasteiger charge is -2.16. The molecule has 0 spiro atoms. The summed E-state index contributed by atoms with van der Waals surface area (Å²) in [6.45, 7) is 3.97. The van der Waals surface area contributed by atoms with Crippen LogP contribution < -0.4 is 14.8 Å². The van der Waals surface area contributed by atoms with Crippen molar-refractivity contribution in [2.24, 2.45) is 0 Å². The number of anilines is 1. The van der Waals surface area contributed by atoms with E-state index in [2.05, 4.69) is 10.0 Å². The van der Waals surface area contributed by atoms with Gasteiger partial charge in [0.25, 0.3) is 5.91 Å². The highest BCUT2D eigenvalue weighted by atomic mass is 32.2. The largest absolute Gasteiger partial charge is 0.495 e. The Morgan fingerprint density at radius 2 is 1.75 bits per heavy atom. The Bertz CT molecular complexity index is 980. The smallest absolute Gasteiger partial charge is 0.255 e. The zero-order valence-corrected chi connectivity index (χ0v) is 17.2. The van der Waals surface area contributed by atoms with E-state index in [1.807, 2.05) is 32.0 Å². The number of hydrogen-bond donors (Lipinski definition) is 2. The first-order valence-corrected chi connectivity index (χ1v) is 10.9. The molecule has 1 fully saturated rings. The molecule has 1 saturated carbocycles. The van der Waals surface area contributed by atoms with Crippen LogP contribution in [0.3, 0.4) is 0 Å². The molecule has 2 N–H and O–H groups in total. The molecule has 0 atom stereocenters. The van der Waals surface area contributed by atoms with Gasteiger partial charge in [-0.2, -0.15) is 0 Å². The van der Waals surface area contributed by atoms with Gasteiger partial charge < -0.3 is 10.1 Å². The maximum atomic E-state index is 12.9. The second-order valence-corrected chi connectivity index (χ2v) is 8.90. The molecular weight excluding hydrogens is 376 g/mol. The summed E-state index contributed by atoms with van der Waals surface area (Å²) in [4.78, 5) is 12.6. The average molecular weight is 403 g/mol. The van der Waals surface area contributed by atoms with Crippen molar-refractivity contribution < 1.29 is 17.9 Å². The predicted octanol–water partition coefficient (Wildman–Crippen LogP) is 3.79. The predicted molar refractivity (Wildman–Crippen MR) is 109 cm³/mol. The van der Waals surface area contributed by atoms with Crippen molar-refractivity contribution in [2.75, 3.05) is 12.4 Å². The van der Waals surface area contributed by atoms with Crippen molar-refractivity contribution in [1.82, 2.24) is 4.72 Å². The summed E-state index contributed by atoms with van der Waals surface area (Å²) in [7, 11) is -2.37. The van der Waals surface area contributed by atoms with Gasteiger partial charge in [-0.15, -0.1) is 0 Å². The van der Waals surface area contributed by atoms with E-state index in [9.17, 15) is 13.2 Å². The molecule has 1 aliphatic rings. The quantitative estimate of drug-likeness (QED) is 0.770. The number of carbonyl (C=O) groups is 1. The maximum absolute atomic E-state index is 12.9. The van der Waals surface area contributed by atoms with Gasteiger partial charge in [0.1, 0.15) is 10.6 Å². The molecule has 0 heterocycles. The Labute approximate surface area is 166 Å². The van der Waals surface area contributed by atoms with E-state index in [4.69, 9.17) is 4.74 Å². The van der Waals surface area contributed by atoms with Crippen molar-refractivity contribution in [3.63, 3.8) is 0 Å². The Hall–Kier alpha value is -2.38. The van der Waals surface area contributed by atoms with E-state index in [-0.39, 0.29) is 28.2 Å². The number of ether oxygens (including phenoxy) is 1. The van der Waals surface area contributed by atoms with Gasteiger partial charge in [-0.05, 0) is 68.1 Å². The van der Waals surface area contributed by atoms with Crippen LogP contribution in [0.15, 0.2) is 41.3 Å². The molecule has 2 aromatic rings. The van der Waals surface area contributed by atoms with Crippen LogP contribution in [0.2, 0.25) is 0 Å². The minimum atomic E-state index is -3.78. The van der Waals surface area contributed by atoms with Crippen LogP contribution in [0.25, 0.3) is 0 Å². The van der Waals surface area contributed by atoms with Crippen LogP contribution in [-0.2, 0) is 10.0 Å². The molecule has 0 radical (unpaired) electrons. The van der Waals surface area contributed by atoms with E-state index in [0.29, 0.717) is 5.69 Å². The maximum Gasteiger partial charge on any atom is 0.255 e. The van der Waals surface area contributed by atoms with Gasteiger partial charge in [-0.25, -0.2) is 13.1 Å². The van der Waals surface area contributed by atoms with Crippen molar-refractivity contribution in [2.45, 2.75) is 50.5 Å². The first-order chi connectivity index (χ1) is 13.3. The summed E-state index contributed by atoms with van der Waals surface area (Å²) in [6, 6.07) is 10.0. The minimum absolute atomic E-state index is 0.0189. The number of rotatable bonds is 6. The van der Waals surface area contributed by atoms with Gasteiger partial charge in [0.05, 0.1) is 7.11 Å². The zero-order valence-electron chi connectivity index (χ0n) is 16.4. The third kappa shape index (κ3) is 4.54. The van der Waals surface area contributed by atoms with Gasteiger partial charge in [-0.1, -0.05) is 18.9 Å². The molecule has 0 aliphatic heterocycles. The molecule has 0 unspecified atom stereocenters. The van der Waals surface area contributed by atoms with E-state index in [0.717, 1.165) is 36.8 Å². The Morgan fingerprint density at radius 1 is 1.04 bits per heavy atom. The van der Waals surface area contributed by atoms with E-state index >= 15 is 0 Å². The summed E-state index contributed by atoms with van der Waals surface area (Å²) in [5.41, 5.74) is 3.12. The highest BCUT2D eigenvalue weighted by molar-refractivity contribution is 7.89. The van der Waals surface area contributed by atoms with E-state index < -0.39 is 10.0 Å². The van der Waals surface area contributed by atoms with Crippen molar-refractivity contribution in [3.05, 3.63) is 53.1 Å². The van der Waals surface area contributed by atoms with Crippen LogP contribution >= 0.6 is 0 Å². The minimum Gasteiger partial charge on any atom is -0.495 e. The van der Waals surface area contributed by atoms with Crippen LogP contribution in [0.1, 0.15) is 47.2 Å². The highest BCUT2D eigenvalue weighted by Gasteiger charge is 2.26. The van der Waals surface area contributed by atoms with Gasteiger partial charge in [-0.3, -0.25) is 4.79 Å². The number of hydrogen-bond acceptors (Lipinski definition) is 4. The molecule has 2 aromatic carbocycles. The van der Waals surface area contributed by atoms with Crippen molar-refractivity contribution >= 4 is 21.6 Å². The van der Waals surface area contributed by atoms with E-state index in [1.165, 1.54) is 19.2 Å². The molecule has 3 rings (SSSR count). The molecule has 1 amide bonds. The number of benzene rings is 2. The standard InChI is InChI=1S/C21H26N2O4S/c1-14-8-10-18(12-15(14)2)22-21(24)16-9-11-19(27-3)20(13-16)28(25,26)23-17-6-4-5-7-17/h8-13,17,23H,4-7H2,1-3H3,(H,22,24). The van der Waals surface area contributed by atoms with Gasteiger partial charge in [0.2, 0.25) is 10.0 Å². The van der Waals surface area contributed by atoms with Crippen LogP contribution in [-0.4, -0.2) is 27.5 Å². The topological polar surface area (TPSA) is 84.5 Å². The lowest BCUT2D eigenvalue weighted by molar-refractivity contribution is 0.102. The second-order valence-electron chi connectivity index (χ2n) is 7.22. The molecule has 7 heteroatoms. The lowest BCUT2D eigenvalue weighted by Crippen LogP contribution is -2.33. The van der Waals surface area contributed by atoms with E-state index in [1.54, 1.807) is 6.07 Å². The van der Waals surface area contributed by atoms with Gasteiger partial charge in [0, 0.05) is 17.3 Å². The van der Waals surface area contributed by atoms with Crippen molar-refractivity contribution in [1.29, 1.82) is 0 Å². The number of nitrogens with one attached hydrogen (secondary N) is 2. The number of sulfonamides is 1. The lowest BCUT2D eigenvalue weighted by atomic mass is 10.1. The Kier molecular flexibility index (Phi) is 6.05.